The monoisotopic (exact) mass is 561 g/mol. The number of hydrogen-bond donors (Lipinski definition) is 0. The van der Waals surface area contributed by atoms with Crippen molar-refractivity contribution in [3.8, 4) is 11.5 Å². The zero-order valence-corrected chi connectivity index (χ0v) is 21.0. The van der Waals surface area contributed by atoms with E-state index in [1.165, 1.54) is 24.1 Å². The summed E-state index contributed by atoms with van der Waals surface area (Å²) in [7, 11) is 1.51. The van der Waals surface area contributed by atoms with Gasteiger partial charge >= 0.3 is 0 Å². The van der Waals surface area contributed by atoms with E-state index in [2.05, 4.69) is 15.9 Å². The topological polar surface area (TPSA) is 55.8 Å². The van der Waals surface area contributed by atoms with Crippen LogP contribution in [-0.2, 0) is 17.9 Å². The number of methoxy groups -OCH3 is 1. The summed E-state index contributed by atoms with van der Waals surface area (Å²) in [6.07, 6.45) is 1.63. The third kappa shape index (κ3) is 5.46. The van der Waals surface area contributed by atoms with Crippen molar-refractivity contribution in [1.29, 1.82) is 0 Å². The Kier molecular flexibility index (Phi) is 7.60. The number of nitrogens with zero attached hydrogens (tertiary/aromatic N) is 1. The van der Waals surface area contributed by atoms with Crippen molar-refractivity contribution in [2.45, 2.75) is 13.2 Å². The number of ether oxygens (including phenoxy) is 2. The van der Waals surface area contributed by atoms with E-state index in [4.69, 9.17) is 21.1 Å². The van der Waals surface area contributed by atoms with Crippen LogP contribution in [0.5, 0.6) is 11.5 Å². The van der Waals surface area contributed by atoms with E-state index in [1.54, 1.807) is 54.6 Å². The Labute approximate surface area is 213 Å². The fraction of sp³-hybridized carbons (Fsp3) is 0.120. The number of amides is 2. The smallest absolute Gasteiger partial charge is 0.293 e. The summed E-state index contributed by atoms with van der Waals surface area (Å²) in [5, 5.41) is 0.136. The Balaban J connectivity index is 1.53. The average Bonchev–Trinajstić information content (AvgIpc) is 3.07. The molecule has 2 amide bonds. The van der Waals surface area contributed by atoms with Gasteiger partial charge in [-0.1, -0.05) is 41.9 Å². The van der Waals surface area contributed by atoms with Crippen LogP contribution >= 0.6 is 39.3 Å². The zero-order valence-electron chi connectivity index (χ0n) is 17.9. The fourth-order valence-corrected chi connectivity index (χ4v) is 4.89. The molecule has 3 aromatic carbocycles. The maximum absolute atomic E-state index is 13.1. The molecular formula is C25H18BrClFNO4S. The fourth-order valence-electron chi connectivity index (χ4n) is 3.28. The summed E-state index contributed by atoms with van der Waals surface area (Å²) in [5.41, 5.74) is 2.15. The van der Waals surface area contributed by atoms with Crippen molar-refractivity contribution in [3.63, 3.8) is 0 Å². The first-order valence-electron chi connectivity index (χ1n) is 10.1. The largest absolute Gasteiger partial charge is 0.493 e. The van der Waals surface area contributed by atoms with Gasteiger partial charge in [0.05, 0.1) is 23.0 Å². The number of imide groups is 1. The molecular weight excluding hydrogens is 545 g/mol. The minimum Gasteiger partial charge on any atom is -0.493 e. The predicted molar refractivity (Wildman–Crippen MR) is 134 cm³/mol. The summed E-state index contributed by atoms with van der Waals surface area (Å²) < 4.78 is 25.1. The molecule has 1 heterocycles. The maximum Gasteiger partial charge on any atom is 0.293 e. The highest BCUT2D eigenvalue weighted by atomic mass is 79.9. The predicted octanol–water partition coefficient (Wildman–Crippen LogP) is 7.07. The van der Waals surface area contributed by atoms with Crippen LogP contribution in [0.3, 0.4) is 0 Å². The Bertz CT molecular complexity index is 1280. The van der Waals surface area contributed by atoms with Crippen molar-refractivity contribution in [1.82, 2.24) is 4.90 Å². The molecule has 3 aromatic rings. The molecule has 34 heavy (non-hydrogen) atoms. The Morgan fingerprint density at radius 2 is 1.85 bits per heavy atom. The third-order valence-corrected chi connectivity index (χ3v) is 6.87. The van der Waals surface area contributed by atoms with E-state index in [-0.39, 0.29) is 30.1 Å². The van der Waals surface area contributed by atoms with E-state index in [1.807, 2.05) is 0 Å². The lowest BCUT2D eigenvalue weighted by atomic mass is 10.1. The minimum absolute atomic E-state index is 0.102. The molecule has 0 unspecified atom stereocenters. The highest BCUT2D eigenvalue weighted by Crippen LogP contribution is 2.40. The normalized spacial score (nSPS) is 14.7. The van der Waals surface area contributed by atoms with Crippen LogP contribution in [-0.4, -0.2) is 23.2 Å². The number of benzene rings is 3. The summed E-state index contributed by atoms with van der Waals surface area (Å²) >= 11 is 10.5. The van der Waals surface area contributed by atoms with Gasteiger partial charge in [0, 0.05) is 5.02 Å². The van der Waals surface area contributed by atoms with E-state index in [9.17, 15) is 14.0 Å². The zero-order chi connectivity index (χ0) is 24.2. The van der Waals surface area contributed by atoms with Gasteiger partial charge in [-0.3, -0.25) is 14.5 Å². The van der Waals surface area contributed by atoms with Crippen LogP contribution in [0.2, 0.25) is 5.02 Å². The van der Waals surface area contributed by atoms with Gasteiger partial charge in [0.15, 0.2) is 11.5 Å². The highest BCUT2D eigenvalue weighted by molar-refractivity contribution is 9.10. The molecule has 1 fully saturated rings. The SMILES string of the molecule is COc1cc(/C=C2/SC(=O)N(Cc3ccccc3Cl)C2=O)cc(Br)c1OCc1ccc(F)cc1. The van der Waals surface area contributed by atoms with Gasteiger partial charge in [-0.15, -0.1) is 0 Å². The number of carbonyl (C=O) groups is 2. The second kappa shape index (κ2) is 10.6. The Morgan fingerprint density at radius 3 is 2.56 bits per heavy atom. The molecule has 0 radical (unpaired) electrons. The highest BCUT2D eigenvalue weighted by Gasteiger charge is 2.35. The summed E-state index contributed by atoms with van der Waals surface area (Å²) in [4.78, 5) is 26.9. The van der Waals surface area contributed by atoms with Gasteiger partial charge in [-0.05, 0) is 80.8 Å². The number of carbonyl (C=O) groups excluding carboxylic acids is 2. The van der Waals surface area contributed by atoms with Gasteiger partial charge in [0.1, 0.15) is 12.4 Å². The van der Waals surface area contributed by atoms with E-state index < -0.39 is 0 Å². The first-order valence-corrected chi connectivity index (χ1v) is 12.1. The average molecular weight is 563 g/mol. The summed E-state index contributed by atoms with van der Waals surface area (Å²) in [6, 6.07) is 16.6. The number of hydrogen-bond acceptors (Lipinski definition) is 5. The molecule has 0 atom stereocenters. The van der Waals surface area contributed by atoms with Gasteiger partial charge < -0.3 is 9.47 Å². The summed E-state index contributed by atoms with van der Waals surface area (Å²) in [5.74, 6) is 0.207. The molecule has 0 bridgehead atoms. The van der Waals surface area contributed by atoms with E-state index in [0.717, 1.165) is 17.3 Å². The van der Waals surface area contributed by atoms with Crippen molar-refractivity contribution in [3.05, 3.63) is 97.6 Å². The van der Waals surface area contributed by atoms with Gasteiger partial charge in [0.25, 0.3) is 11.1 Å². The van der Waals surface area contributed by atoms with Crippen LogP contribution in [0.25, 0.3) is 6.08 Å². The molecule has 0 aliphatic carbocycles. The van der Waals surface area contributed by atoms with Crippen molar-refractivity contribution < 1.29 is 23.5 Å². The van der Waals surface area contributed by atoms with Gasteiger partial charge in [0.2, 0.25) is 0 Å². The first kappa shape index (κ1) is 24.3. The van der Waals surface area contributed by atoms with Crippen LogP contribution in [0.4, 0.5) is 9.18 Å². The molecule has 0 spiro atoms. The molecule has 0 saturated carbocycles. The van der Waals surface area contributed by atoms with Crippen molar-refractivity contribution in [2.75, 3.05) is 7.11 Å². The third-order valence-electron chi connectivity index (χ3n) is 5.01. The molecule has 9 heteroatoms. The summed E-state index contributed by atoms with van der Waals surface area (Å²) in [6.45, 7) is 0.320. The van der Waals surface area contributed by atoms with Crippen LogP contribution in [0.1, 0.15) is 16.7 Å². The molecule has 174 valence electrons. The molecule has 1 saturated heterocycles. The van der Waals surface area contributed by atoms with Crippen molar-refractivity contribution >= 4 is 56.5 Å². The lowest BCUT2D eigenvalue weighted by molar-refractivity contribution is -0.123. The quantitative estimate of drug-likeness (QED) is 0.288. The lowest BCUT2D eigenvalue weighted by Crippen LogP contribution is -2.27. The number of halogens is 3. The van der Waals surface area contributed by atoms with Gasteiger partial charge in [-0.2, -0.15) is 0 Å². The lowest BCUT2D eigenvalue weighted by Gasteiger charge is -2.14. The molecule has 0 aromatic heterocycles. The molecule has 4 rings (SSSR count). The Hall–Kier alpha value is -2.81. The van der Waals surface area contributed by atoms with Crippen LogP contribution in [0.15, 0.2) is 70.0 Å². The molecule has 1 aliphatic rings. The maximum atomic E-state index is 13.1. The Morgan fingerprint density at radius 1 is 1.12 bits per heavy atom. The minimum atomic E-state index is -0.387. The standard InChI is InChI=1S/C25H18BrClFNO4S/c1-32-21-11-16(10-19(26)23(21)33-14-15-6-8-18(28)9-7-15)12-22-24(30)29(25(31)34-22)13-17-4-2-3-5-20(17)27/h2-12H,13-14H2,1H3/b22-12+. The van der Waals surface area contributed by atoms with Crippen molar-refractivity contribution in [2.24, 2.45) is 0 Å². The van der Waals surface area contributed by atoms with Gasteiger partial charge in [-0.25, -0.2) is 4.39 Å². The first-order chi connectivity index (χ1) is 16.4. The second-order valence-corrected chi connectivity index (χ2v) is 9.56. The van der Waals surface area contributed by atoms with Crippen LogP contribution < -0.4 is 9.47 Å². The van der Waals surface area contributed by atoms with E-state index in [0.29, 0.717) is 37.0 Å². The van der Waals surface area contributed by atoms with Crippen LogP contribution in [0, 0.1) is 5.82 Å². The molecule has 1 aliphatic heterocycles. The number of thioether (sulfide) groups is 1. The molecule has 0 N–H and O–H groups in total. The second-order valence-electron chi connectivity index (χ2n) is 7.31. The van der Waals surface area contributed by atoms with E-state index >= 15 is 0 Å². The number of rotatable bonds is 7. The molecule has 5 nitrogen and oxygen atoms in total.